The Morgan fingerprint density at radius 2 is 1.64 bits per heavy atom. The molecule has 0 aliphatic carbocycles. The highest BCUT2D eigenvalue weighted by Gasteiger charge is 2.32. The lowest BCUT2D eigenvalue weighted by molar-refractivity contribution is -0.132. The largest absolute Gasteiger partial charge is 0.467 e. The van der Waals surface area contributed by atoms with E-state index in [9.17, 15) is 13.2 Å². The van der Waals surface area contributed by atoms with Crippen LogP contribution in [0.15, 0.2) is 82.3 Å². The summed E-state index contributed by atoms with van der Waals surface area (Å²) in [6, 6.07) is 20.2. The number of hydrogen-bond donors (Lipinski definition) is 0. The second-order valence-electron chi connectivity index (χ2n) is 10.2. The summed E-state index contributed by atoms with van der Waals surface area (Å²) in [6.45, 7) is 10.5. The van der Waals surface area contributed by atoms with E-state index in [2.05, 4.69) is 20.8 Å². The Balaban J connectivity index is 1.84. The van der Waals surface area contributed by atoms with Crippen LogP contribution in [0, 0.1) is 0 Å². The standard InChI is InChI=1S/C29H38N2O4S/c1-6-23(2)31(36(33,34)27-16-14-25(15-17-27)29(3,4)5)22-28(32)30(21-26-13-10-20-35-26)19-18-24-11-8-7-9-12-24/h7-17,20,23H,6,18-19,21-22H2,1-5H3. The zero-order chi connectivity index (χ0) is 26.3. The Morgan fingerprint density at radius 3 is 2.19 bits per heavy atom. The average Bonchev–Trinajstić information content (AvgIpc) is 3.37. The molecular weight excluding hydrogens is 472 g/mol. The van der Waals surface area contributed by atoms with Gasteiger partial charge in [-0.1, -0.05) is 70.2 Å². The van der Waals surface area contributed by atoms with Crippen molar-refractivity contribution in [3.8, 4) is 0 Å². The van der Waals surface area contributed by atoms with Crippen molar-refractivity contribution in [2.75, 3.05) is 13.1 Å². The predicted molar refractivity (Wildman–Crippen MR) is 143 cm³/mol. The Labute approximate surface area is 216 Å². The molecule has 6 nitrogen and oxygen atoms in total. The van der Waals surface area contributed by atoms with E-state index < -0.39 is 10.0 Å². The molecule has 0 saturated carbocycles. The summed E-state index contributed by atoms with van der Waals surface area (Å²) in [5, 5.41) is 0. The van der Waals surface area contributed by atoms with Crippen LogP contribution in [0.5, 0.6) is 0 Å². The molecule has 0 saturated heterocycles. The molecule has 0 N–H and O–H groups in total. The molecule has 2 aromatic carbocycles. The van der Waals surface area contributed by atoms with Gasteiger partial charge in [-0.25, -0.2) is 8.42 Å². The van der Waals surface area contributed by atoms with Crippen molar-refractivity contribution in [1.29, 1.82) is 0 Å². The first-order valence-electron chi connectivity index (χ1n) is 12.5. The predicted octanol–water partition coefficient (Wildman–Crippen LogP) is 5.64. The third-order valence-electron chi connectivity index (χ3n) is 6.49. The van der Waals surface area contributed by atoms with Crippen LogP contribution >= 0.6 is 0 Å². The van der Waals surface area contributed by atoms with E-state index >= 15 is 0 Å². The lowest BCUT2D eigenvalue weighted by atomic mass is 9.87. The number of benzene rings is 2. The molecule has 36 heavy (non-hydrogen) atoms. The fourth-order valence-corrected chi connectivity index (χ4v) is 5.62. The highest BCUT2D eigenvalue weighted by molar-refractivity contribution is 7.89. The Kier molecular flexibility index (Phi) is 9.14. The summed E-state index contributed by atoms with van der Waals surface area (Å²) in [5.74, 6) is 0.407. The molecule has 1 heterocycles. The molecule has 194 valence electrons. The summed E-state index contributed by atoms with van der Waals surface area (Å²) in [7, 11) is -3.87. The lowest BCUT2D eigenvalue weighted by Crippen LogP contribution is -2.46. The third kappa shape index (κ3) is 7.08. The number of furan rings is 1. The van der Waals surface area contributed by atoms with Gasteiger partial charge >= 0.3 is 0 Å². The summed E-state index contributed by atoms with van der Waals surface area (Å²) >= 11 is 0. The molecule has 0 aliphatic heterocycles. The molecule has 3 aromatic rings. The van der Waals surface area contributed by atoms with Crippen molar-refractivity contribution in [2.24, 2.45) is 0 Å². The summed E-state index contributed by atoms with van der Waals surface area (Å²) in [5.41, 5.74) is 2.08. The van der Waals surface area contributed by atoms with Gasteiger partial charge in [0.05, 0.1) is 24.2 Å². The van der Waals surface area contributed by atoms with Gasteiger partial charge in [0.15, 0.2) is 0 Å². The molecular formula is C29H38N2O4S. The Bertz CT molecular complexity index is 1200. The van der Waals surface area contributed by atoms with E-state index in [0.29, 0.717) is 25.1 Å². The molecule has 0 bridgehead atoms. The number of carbonyl (C=O) groups is 1. The fraction of sp³-hybridized carbons (Fsp3) is 0.414. The second kappa shape index (κ2) is 11.9. The first-order valence-corrected chi connectivity index (χ1v) is 13.9. The molecule has 1 atom stereocenters. The highest BCUT2D eigenvalue weighted by atomic mass is 32.2. The van der Waals surface area contributed by atoms with Gasteiger partial charge in [0.2, 0.25) is 15.9 Å². The SMILES string of the molecule is CCC(C)N(CC(=O)N(CCc1ccccc1)Cc1ccco1)S(=O)(=O)c1ccc(C(C)(C)C)cc1. The maximum Gasteiger partial charge on any atom is 0.243 e. The van der Waals surface area contributed by atoms with Crippen molar-refractivity contribution in [3.63, 3.8) is 0 Å². The quantitative estimate of drug-likeness (QED) is 0.335. The van der Waals surface area contributed by atoms with Gasteiger partial charge in [-0.2, -0.15) is 4.31 Å². The number of rotatable bonds is 11. The van der Waals surface area contributed by atoms with Crippen LogP contribution in [0.2, 0.25) is 0 Å². The van der Waals surface area contributed by atoms with E-state index in [1.807, 2.05) is 62.4 Å². The van der Waals surface area contributed by atoms with Crippen LogP contribution in [0.25, 0.3) is 0 Å². The molecule has 1 amide bonds. The van der Waals surface area contributed by atoms with E-state index in [4.69, 9.17) is 4.42 Å². The molecule has 0 aliphatic rings. The highest BCUT2D eigenvalue weighted by Crippen LogP contribution is 2.26. The van der Waals surface area contributed by atoms with Gasteiger partial charge in [-0.3, -0.25) is 4.79 Å². The normalized spacial score (nSPS) is 13.1. The van der Waals surface area contributed by atoms with Crippen molar-refractivity contribution in [1.82, 2.24) is 9.21 Å². The minimum absolute atomic E-state index is 0.0836. The minimum atomic E-state index is -3.87. The van der Waals surface area contributed by atoms with Gasteiger partial charge in [0.25, 0.3) is 0 Å². The first-order chi connectivity index (χ1) is 17.0. The summed E-state index contributed by atoms with van der Waals surface area (Å²) < 4.78 is 34.2. The smallest absolute Gasteiger partial charge is 0.243 e. The van der Waals surface area contributed by atoms with Gasteiger partial charge in [-0.15, -0.1) is 0 Å². The van der Waals surface area contributed by atoms with Crippen molar-refractivity contribution < 1.29 is 17.6 Å². The molecule has 0 spiro atoms. The maximum absolute atomic E-state index is 13.7. The van der Waals surface area contributed by atoms with Crippen LogP contribution in [0.1, 0.15) is 57.9 Å². The van der Waals surface area contributed by atoms with Crippen LogP contribution in [0.4, 0.5) is 0 Å². The van der Waals surface area contributed by atoms with Crippen LogP contribution in [0.3, 0.4) is 0 Å². The average molecular weight is 511 g/mol. The van der Waals surface area contributed by atoms with Crippen LogP contribution in [-0.2, 0) is 33.2 Å². The van der Waals surface area contributed by atoms with Crippen molar-refractivity contribution >= 4 is 15.9 Å². The van der Waals surface area contributed by atoms with E-state index in [-0.39, 0.29) is 35.3 Å². The molecule has 1 aromatic heterocycles. The number of hydrogen-bond acceptors (Lipinski definition) is 4. The molecule has 0 radical (unpaired) electrons. The Hall–Kier alpha value is -2.90. The Morgan fingerprint density at radius 1 is 0.972 bits per heavy atom. The molecule has 0 fully saturated rings. The van der Waals surface area contributed by atoms with Gasteiger partial charge in [0, 0.05) is 12.6 Å². The van der Waals surface area contributed by atoms with Crippen molar-refractivity contribution in [2.45, 2.75) is 70.4 Å². The van der Waals surface area contributed by atoms with E-state index in [1.165, 1.54) is 4.31 Å². The second-order valence-corrected chi connectivity index (χ2v) is 12.1. The fourth-order valence-electron chi connectivity index (χ4n) is 3.97. The number of amides is 1. The van der Waals surface area contributed by atoms with Crippen molar-refractivity contribution in [3.05, 3.63) is 89.9 Å². The van der Waals surface area contributed by atoms with Gasteiger partial charge in [-0.05, 0) is 60.6 Å². The summed E-state index contributed by atoms with van der Waals surface area (Å²) in [4.78, 5) is 15.4. The molecule has 7 heteroatoms. The number of carbonyl (C=O) groups excluding carboxylic acids is 1. The van der Waals surface area contributed by atoms with Gasteiger partial charge < -0.3 is 9.32 Å². The van der Waals surface area contributed by atoms with Crippen LogP contribution in [-0.4, -0.2) is 42.7 Å². The van der Waals surface area contributed by atoms with Gasteiger partial charge in [0.1, 0.15) is 5.76 Å². The summed E-state index contributed by atoms with van der Waals surface area (Å²) in [6.07, 6.45) is 2.83. The topological polar surface area (TPSA) is 70.8 Å². The molecule has 3 rings (SSSR count). The third-order valence-corrected chi connectivity index (χ3v) is 8.47. The maximum atomic E-state index is 13.7. The zero-order valence-electron chi connectivity index (χ0n) is 22.0. The number of sulfonamides is 1. The van der Waals surface area contributed by atoms with E-state index in [1.54, 1.807) is 29.4 Å². The zero-order valence-corrected chi connectivity index (χ0v) is 22.8. The van der Waals surface area contributed by atoms with Crippen LogP contribution < -0.4 is 0 Å². The van der Waals surface area contributed by atoms with E-state index in [0.717, 1.165) is 11.1 Å². The monoisotopic (exact) mass is 510 g/mol. The number of nitrogens with zero attached hydrogens (tertiary/aromatic N) is 2. The first kappa shape index (κ1) is 27.7. The minimum Gasteiger partial charge on any atom is -0.467 e. The lowest BCUT2D eigenvalue weighted by Gasteiger charge is -2.30. The molecule has 1 unspecified atom stereocenters.